The standard InChI is InChI=1S/C14H19/c1-2-4-6-8-10-12-14-13-11-9-7-5-3-1/h1-2,5,8,10-11,13H,3-4,6,9,12,14H2/b2-1+,7-5?,10-8+,13-11+. The van der Waals surface area contributed by atoms with Gasteiger partial charge in [-0.05, 0) is 44.6 Å². The molecule has 1 aliphatic rings. The van der Waals surface area contributed by atoms with Crippen molar-refractivity contribution < 1.29 is 0 Å². The van der Waals surface area contributed by atoms with Gasteiger partial charge in [0, 0.05) is 0 Å². The second kappa shape index (κ2) is 8.55. The van der Waals surface area contributed by atoms with Crippen molar-refractivity contribution in [1.82, 2.24) is 0 Å². The monoisotopic (exact) mass is 187 g/mol. The van der Waals surface area contributed by atoms with Gasteiger partial charge in [-0.15, -0.1) is 0 Å². The van der Waals surface area contributed by atoms with Crippen LogP contribution < -0.4 is 0 Å². The molecule has 0 aliphatic heterocycles. The molecule has 0 heteroatoms. The predicted octanol–water partition coefficient (Wildman–Crippen LogP) is 4.37. The second-order valence-electron chi connectivity index (χ2n) is 3.42. The molecule has 1 rings (SSSR count). The van der Waals surface area contributed by atoms with Crippen LogP contribution in [0.4, 0.5) is 0 Å². The summed E-state index contributed by atoms with van der Waals surface area (Å²) in [4.78, 5) is 0. The number of allylic oxidation sites excluding steroid dienone is 8. The lowest BCUT2D eigenvalue weighted by atomic mass is 10.2. The van der Waals surface area contributed by atoms with Crippen LogP contribution in [0.1, 0.15) is 38.5 Å². The maximum absolute atomic E-state index is 3.26. The summed E-state index contributed by atoms with van der Waals surface area (Å²) in [5.41, 5.74) is 0. The zero-order chi connectivity index (χ0) is 9.90. The van der Waals surface area contributed by atoms with Gasteiger partial charge in [0.1, 0.15) is 0 Å². The summed E-state index contributed by atoms with van der Waals surface area (Å²) in [6.07, 6.45) is 25.5. The van der Waals surface area contributed by atoms with E-state index in [9.17, 15) is 0 Å². The summed E-state index contributed by atoms with van der Waals surface area (Å²) in [5.74, 6) is 0. The summed E-state index contributed by atoms with van der Waals surface area (Å²) in [6, 6.07) is 0. The molecule has 0 N–H and O–H groups in total. The van der Waals surface area contributed by atoms with E-state index in [1.807, 2.05) is 0 Å². The molecule has 0 bridgehead atoms. The molecule has 0 saturated heterocycles. The van der Waals surface area contributed by atoms with E-state index in [0.29, 0.717) is 0 Å². The molecule has 1 radical (unpaired) electrons. The Labute approximate surface area is 87.7 Å². The predicted molar refractivity (Wildman–Crippen MR) is 62.9 cm³/mol. The molecular weight excluding hydrogens is 168 g/mol. The molecule has 75 valence electrons. The maximum Gasteiger partial charge on any atom is -0.00978 e. The molecule has 1 aliphatic carbocycles. The first-order valence-corrected chi connectivity index (χ1v) is 5.50. The van der Waals surface area contributed by atoms with Crippen molar-refractivity contribution >= 4 is 0 Å². The summed E-state index contributed by atoms with van der Waals surface area (Å²) in [5, 5.41) is 0. The third kappa shape index (κ3) is 6.47. The highest BCUT2D eigenvalue weighted by Crippen LogP contribution is 2.00. The van der Waals surface area contributed by atoms with Crippen LogP contribution in [0, 0.1) is 6.08 Å². The third-order valence-corrected chi connectivity index (χ3v) is 2.13. The van der Waals surface area contributed by atoms with Gasteiger partial charge in [-0.25, -0.2) is 0 Å². The summed E-state index contributed by atoms with van der Waals surface area (Å²) < 4.78 is 0. The van der Waals surface area contributed by atoms with Crippen molar-refractivity contribution in [3.8, 4) is 0 Å². The van der Waals surface area contributed by atoms with Crippen molar-refractivity contribution in [2.24, 2.45) is 0 Å². The SMILES string of the molecule is [C]1=C/C/C=C/CC/C=C/CC/C=C/C/1. The van der Waals surface area contributed by atoms with Crippen LogP contribution in [0.2, 0.25) is 0 Å². The molecular formula is C14H19. The first-order chi connectivity index (χ1) is 7.00. The summed E-state index contributed by atoms with van der Waals surface area (Å²) >= 11 is 0. The zero-order valence-electron chi connectivity index (χ0n) is 8.78. The highest BCUT2D eigenvalue weighted by Gasteiger charge is 1.80. The Hall–Kier alpha value is -1.04. The van der Waals surface area contributed by atoms with Crippen molar-refractivity contribution in [3.05, 3.63) is 48.6 Å². The highest BCUT2D eigenvalue weighted by molar-refractivity contribution is 4.96. The number of rotatable bonds is 0. The molecule has 0 amide bonds. The fraction of sp³-hybridized carbons (Fsp3) is 0.429. The fourth-order valence-corrected chi connectivity index (χ4v) is 1.34. The summed E-state index contributed by atoms with van der Waals surface area (Å²) in [7, 11) is 0. The normalized spacial score (nSPS) is 28.6. The van der Waals surface area contributed by atoms with Crippen molar-refractivity contribution in [2.45, 2.75) is 38.5 Å². The zero-order valence-corrected chi connectivity index (χ0v) is 8.78. The van der Waals surface area contributed by atoms with Gasteiger partial charge in [0.05, 0.1) is 0 Å². The molecule has 0 nitrogen and oxygen atoms in total. The van der Waals surface area contributed by atoms with Gasteiger partial charge < -0.3 is 0 Å². The first kappa shape index (κ1) is 11.0. The maximum atomic E-state index is 3.26. The number of hydrogen-bond donors (Lipinski definition) is 0. The quantitative estimate of drug-likeness (QED) is 0.494. The van der Waals surface area contributed by atoms with Gasteiger partial charge in [-0.2, -0.15) is 0 Å². The van der Waals surface area contributed by atoms with E-state index in [1.165, 1.54) is 19.3 Å². The van der Waals surface area contributed by atoms with E-state index < -0.39 is 0 Å². The van der Waals surface area contributed by atoms with Crippen molar-refractivity contribution in [1.29, 1.82) is 0 Å². The minimum Gasteiger partial charge on any atom is -0.0882 e. The van der Waals surface area contributed by atoms with E-state index >= 15 is 0 Å². The van der Waals surface area contributed by atoms with Crippen molar-refractivity contribution in [2.75, 3.05) is 0 Å². The van der Waals surface area contributed by atoms with Crippen LogP contribution in [0.15, 0.2) is 42.5 Å². The Balaban J connectivity index is 2.34. The van der Waals surface area contributed by atoms with Gasteiger partial charge in [0.25, 0.3) is 0 Å². The van der Waals surface area contributed by atoms with Gasteiger partial charge in [0.15, 0.2) is 0 Å². The Kier molecular flexibility index (Phi) is 6.74. The van der Waals surface area contributed by atoms with Crippen LogP contribution in [-0.2, 0) is 0 Å². The van der Waals surface area contributed by atoms with Crippen LogP contribution in [0.3, 0.4) is 0 Å². The van der Waals surface area contributed by atoms with E-state index in [1.54, 1.807) is 0 Å². The molecule has 14 heavy (non-hydrogen) atoms. The average Bonchev–Trinajstić information content (AvgIpc) is 2.22. The van der Waals surface area contributed by atoms with E-state index in [0.717, 1.165) is 19.3 Å². The van der Waals surface area contributed by atoms with Gasteiger partial charge in [-0.3, -0.25) is 0 Å². The molecule has 0 spiro atoms. The van der Waals surface area contributed by atoms with E-state index in [2.05, 4.69) is 48.6 Å². The first-order valence-electron chi connectivity index (χ1n) is 5.50. The van der Waals surface area contributed by atoms with Crippen LogP contribution in [-0.4, -0.2) is 0 Å². The minimum atomic E-state index is 0.956. The molecule has 0 aromatic carbocycles. The summed E-state index contributed by atoms with van der Waals surface area (Å²) in [6.45, 7) is 0. The van der Waals surface area contributed by atoms with Gasteiger partial charge >= 0.3 is 0 Å². The van der Waals surface area contributed by atoms with Crippen molar-refractivity contribution in [3.63, 3.8) is 0 Å². The molecule has 0 unspecified atom stereocenters. The van der Waals surface area contributed by atoms with E-state index in [-0.39, 0.29) is 0 Å². The molecule has 0 fully saturated rings. The second-order valence-corrected chi connectivity index (χ2v) is 3.42. The molecule has 0 heterocycles. The molecule has 0 saturated carbocycles. The lowest BCUT2D eigenvalue weighted by Crippen LogP contribution is -1.70. The lowest BCUT2D eigenvalue weighted by molar-refractivity contribution is 0.996. The average molecular weight is 187 g/mol. The molecule has 0 aromatic heterocycles. The minimum absolute atomic E-state index is 0.956. The Morgan fingerprint density at radius 2 is 1.21 bits per heavy atom. The van der Waals surface area contributed by atoms with Gasteiger partial charge in [0.2, 0.25) is 0 Å². The molecule has 0 aromatic rings. The topological polar surface area (TPSA) is 0 Å². The van der Waals surface area contributed by atoms with Crippen LogP contribution in [0.5, 0.6) is 0 Å². The number of hydrogen-bond acceptors (Lipinski definition) is 0. The third-order valence-electron chi connectivity index (χ3n) is 2.13. The Morgan fingerprint density at radius 3 is 1.93 bits per heavy atom. The smallest absolute Gasteiger partial charge is 0.00978 e. The fourth-order valence-electron chi connectivity index (χ4n) is 1.34. The lowest BCUT2D eigenvalue weighted by Gasteiger charge is -1.90. The highest BCUT2D eigenvalue weighted by atomic mass is 13.9. The van der Waals surface area contributed by atoms with E-state index in [4.69, 9.17) is 0 Å². The van der Waals surface area contributed by atoms with Crippen LogP contribution >= 0.6 is 0 Å². The van der Waals surface area contributed by atoms with Crippen LogP contribution in [0.25, 0.3) is 0 Å². The molecule has 0 atom stereocenters. The van der Waals surface area contributed by atoms with Gasteiger partial charge in [-0.1, -0.05) is 42.5 Å². The Morgan fingerprint density at radius 1 is 0.643 bits per heavy atom. The largest absolute Gasteiger partial charge is 0.0882 e. The Bertz CT molecular complexity index is 204.